The van der Waals surface area contributed by atoms with Crippen molar-refractivity contribution < 1.29 is 0 Å². The highest BCUT2D eigenvalue weighted by molar-refractivity contribution is 9.10. The van der Waals surface area contributed by atoms with Crippen molar-refractivity contribution in [2.45, 2.75) is 18.9 Å². The van der Waals surface area contributed by atoms with Crippen LogP contribution in [0.3, 0.4) is 0 Å². The van der Waals surface area contributed by atoms with Gasteiger partial charge >= 0.3 is 0 Å². The number of nitrogens with one attached hydrogen (secondary N) is 1. The van der Waals surface area contributed by atoms with Crippen LogP contribution in [0.25, 0.3) is 0 Å². The third-order valence-corrected chi connectivity index (χ3v) is 4.14. The van der Waals surface area contributed by atoms with E-state index in [9.17, 15) is 0 Å². The van der Waals surface area contributed by atoms with Crippen LogP contribution in [0.5, 0.6) is 0 Å². The van der Waals surface area contributed by atoms with Gasteiger partial charge in [0, 0.05) is 15.5 Å². The average Bonchev–Trinajstić information content (AvgIpc) is 2.29. The van der Waals surface area contributed by atoms with Gasteiger partial charge in [-0.25, -0.2) is 0 Å². The Morgan fingerprint density at radius 2 is 2.06 bits per heavy atom. The average molecular weight is 304 g/mol. The van der Waals surface area contributed by atoms with Gasteiger partial charge in [0.25, 0.3) is 0 Å². The maximum Gasteiger partial charge on any atom is 0.0417 e. The summed E-state index contributed by atoms with van der Waals surface area (Å²) in [5.41, 5.74) is 7.48. The SMILES string of the molecule is N[C@@H](c1ccc(Cl)cc1Br)C1CCNCC1. The predicted octanol–water partition coefficient (Wildman–Crippen LogP) is 3.10. The van der Waals surface area contributed by atoms with Crippen LogP contribution in [-0.4, -0.2) is 13.1 Å². The molecule has 4 heteroatoms. The Hall–Kier alpha value is -0.0900. The molecule has 88 valence electrons. The molecule has 0 bridgehead atoms. The summed E-state index contributed by atoms with van der Waals surface area (Å²) >= 11 is 9.46. The maximum atomic E-state index is 6.32. The first-order valence-corrected chi connectivity index (χ1v) is 6.77. The topological polar surface area (TPSA) is 38.0 Å². The number of rotatable bonds is 2. The molecule has 1 aliphatic rings. The second-order valence-electron chi connectivity index (χ2n) is 4.28. The van der Waals surface area contributed by atoms with E-state index in [4.69, 9.17) is 17.3 Å². The molecular weight excluding hydrogens is 288 g/mol. The minimum atomic E-state index is 0.105. The lowest BCUT2D eigenvalue weighted by molar-refractivity contribution is 0.321. The van der Waals surface area contributed by atoms with Crippen LogP contribution in [0.2, 0.25) is 5.02 Å². The lowest BCUT2D eigenvalue weighted by atomic mass is 9.87. The van der Waals surface area contributed by atoms with E-state index in [1.807, 2.05) is 18.2 Å². The van der Waals surface area contributed by atoms with Crippen LogP contribution in [0.15, 0.2) is 22.7 Å². The standard InChI is InChI=1S/C12H16BrClN2/c13-11-7-9(14)1-2-10(11)12(15)8-3-5-16-6-4-8/h1-2,7-8,12,16H,3-6,15H2/t12-/m1/s1. The fourth-order valence-electron chi connectivity index (χ4n) is 2.23. The molecule has 1 atom stereocenters. The minimum Gasteiger partial charge on any atom is -0.324 e. The number of nitrogens with two attached hydrogens (primary N) is 1. The second kappa shape index (κ2) is 5.50. The molecule has 0 unspecified atom stereocenters. The Balaban J connectivity index is 2.15. The summed E-state index contributed by atoms with van der Waals surface area (Å²) in [5.74, 6) is 0.568. The van der Waals surface area contributed by atoms with Gasteiger partial charge in [0.05, 0.1) is 0 Å². The summed E-state index contributed by atoms with van der Waals surface area (Å²) < 4.78 is 1.02. The van der Waals surface area contributed by atoms with Crippen molar-refractivity contribution >= 4 is 27.5 Å². The molecule has 0 aromatic heterocycles. The van der Waals surface area contributed by atoms with Crippen molar-refractivity contribution in [3.05, 3.63) is 33.3 Å². The van der Waals surface area contributed by atoms with E-state index in [2.05, 4.69) is 21.2 Å². The highest BCUT2D eigenvalue weighted by Gasteiger charge is 2.23. The third-order valence-electron chi connectivity index (χ3n) is 3.21. The van der Waals surface area contributed by atoms with Crippen molar-refractivity contribution in [1.82, 2.24) is 5.32 Å². The highest BCUT2D eigenvalue weighted by Crippen LogP contribution is 2.32. The molecule has 0 spiro atoms. The van der Waals surface area contributed by atoms with Crippen LogP contribution in [0.1, 0.15) is 24.4 Å². The molecule has 1 aromatic rings. The maximum absolute atomic E-state index is 6.32. The quantitative estimate of drug-likeness (QED) is 0.881. The summed E-state index contributed by atoms with van der Waals surface area (Å²) in [4.78, 5) is 0. The third kappa shape index (κ3) is 2.77. The van der Waals surface area contributed by atoms with Crippen LogP contribution in [-0.2, 0) is 0 Å². The van der Waals surface area contributed by atoms with Crippen molar-refractivity contribution in [3.8, 4) is 0 Å². The number of hydrogen-bond acceptors (Lipinski definition) is 2. The van der Waals surface area contributed by atoms with Gasteiger partial charge in [0.15, 0.2) is 0 Å². The first kappa shape index (κ1) is 12.4. The molecule has 3 N–H and O–H groups in total. The summed E-state index contributed by atoms with van der Waals surface area (Å²) in [6, 6.07) is 5.95. The Morgan fingerprint density at radius 3 is 2.69 bits per heavy atom. The predicted molar refractivity (Wildman–Crippen MR) is 71.7 cm³/mol. The van der Waals surface area contributed by atoms with E-state index in [-0.39, 0.29) is 6.04 Å². The zero-order chi connectivity index (χ0) is 11.5. The smallest absolute Gasteiger partial charge is 0.0417 e. The monoisotopic (exact) mass is 302 g/mol. The zero-order valence-electron chi connectivity index (χ0n) is 9.05. The Morgan fingerprint density at radius 1 is 1.38 bits per heavy atom. The molecular formula is C12H16BrClN2. The van der Waals surface area contributed by atoms with Gasteiger partial charge in [0.1, 0.15) is 0 Å². The lowest BCUT2D eigenvalue weighted by Gasteiger charge is -2.29. The van der Waals surface area contributed by atoms with Gasteiger partial charge in [-0.3, -0.25) is 0 Å². The summed E-state index contributed by atoms with van der Waals surface area (Å²) in [6.45, 7) is 2.15. The van der Waals surface area contributed by atoms with E-state index >= 15 is 0 Å². The zero-order valence-corrected chi connectivity index (χ0v) is 11.4. The summed E-state index contributed by atoms with van der Waals surface area (Å²) in [7, 11) is 0. The fourth-order valence-corrected chi connectivity index (χ4v) is 3.18. The Labute approximate surface area is 110 Å². The Kier molecular flexibility index (Phi) is 4.25. The minimum absolute atomic E-state index is 0.105. The lowest BCUT2D eigenvalue weighted by Crippen LogP contribution is -2.33. The largest absolute Gasteiger partial charge is 0.324 e. The molecule has 1 aliphatic heterocycles. The molecule has 2 rings (SSSR count). The highest BCUT2D eigenvalue weighted by atomic mass is 79.9. The molecule has 1 aromatic carbocycles. The van der Waals surface area contributed by atoms with E-state index in [0.29, 0.717) is 5.92 Å². The van der Waals surface area contributed by atoms with Gasteiger partial charge in [-0.05, 0) is 49.5 Å². The number of benzene rings is 1. The first-order chi connectivity index (χ1) is 7.68. The van der Waals surface area contributed by atoms with Gasteiger partial charge in [0.2, 0.25) is 0 Å². The fraction of sp³-hybridized carbons (Fsp3) is 0.500. The number of piperidine rings is 1. The molecule has 16 heavy (non-hydrogen) atoms. The first-order valence-electron chi connectivity index (χ1n) is 5.59. The summed E-state index contributed by atoms with van der Waals surface area (Å²) in [5, 5.41) is 4.10. The molecule has 1 heterocycles. The molecule has 0 amide bonds. The number of hydrogen-bond donors (Lipinski definition) is 2. The van der Waals surface area contributed by atoms with Crippen molar-refractivity contribution in [2.75, 3.05) is 13.1 Å². The van der Waals surface area contributed by atoms with E-state index in [1.54, 1.807) is 0 Å². The van der Waals surface area contributed by atoms with Gasteiger partial charge in [-0.1, -0.05) is 33.6 Å². The summed E-state index contributed by atoms with van der Waals surface area (Å²) in [6.07, 6.45) is 2.30. The normalized spacial score (nSPS) is 19.7. The number of halogens is 2. The molecule has 0 aliphatic carbocycles. The van der Waals surface area contributed by atoms with Crippen LogP contribution in [0.4, 0.5) is 0 Å². The molecule has 1 fully saturated rings. The molecule has 0 radical (unpaired) electrons. The second-order valence-corrected chi connectivity index (χ2v) is 5.57. The van der Waals surface area contributed by atoms with Gasteiger partial charge in [-0.15, -0.1) is 0 Å². The van der Waals surface area contributed by atoms with Crippen LogP contribution in [0, 0.1) is 5.92 Å². The molecule has 0 saturated carbocycles. The van der Waals surface area contributed by atoms with E-state index < -0.39 is 0 Å². The van der Waals surface area contributed by atoms with E-state index in [1.165, 1.54) is 0 Å². The Bertz CT molecular complexity index is 364. The molecule has 2 nitrogen and oxygen atoms in total. The van der Waals surface area contributed by atoms with Crippen LogP contribution >= 0.6 is 27.5 Å². The van der Waals surface area contributed by atoms with Crippen LogP contribution < -0.4 is 11.1 Å². The van der Waals surface area contributed by atoms with Gasteiger partial charge < -0.3 is 11.1 Å². The van der Waals surface area contributed by atoms with Gasteiger partial charge in [-0.2, -0.15) is 0 Å². The van der Waals surface area contributed by atoms with Crippen molar-refractivity contribution in [3.63, 3.8) is 0 Å². The van der Waals surface area contributed by atoms with E-state index in [0.717, 1.165) is 41.0 Å². The molecule has 1 saturated heterocycles. The van der Waals surface area contributed by atoms with Crippen molar-refractivity contribution in [1.29, 1.82) is 0 Å². The van der Waals surface area contributed by atoms with Crippen molar-refractivity contribution in [2.24, 2.45) is 11.7 Å².